The van der Waals surface area contributed by atoms with Crippen molar-refractivity contribution in [3.63, 3.8) is 0 Å². The lowest BCUT2D eigenvalue weighted by Crippen LogP contribution is -2.12. The number of fused-ring (bicyclic) bond motifs is 1. The van der Waals surface area contributed by atoms with Crippen molar-refractivity contribution in [3.8, 4) is 11.1 Å². The van der Waals surface area contributed by atoms with Gasteiger partial charge < -0.3 is 0 Å². The molecule has 0 spiro atoms. The molecule has 5 heteroatoms. The second-order valence-electron chi connectivity index (χ2n) is 5.87. The highest BCUT2D eigenvalue weighted by Gasteiger charge is 2.17. The van der Waals surface area contributed by atoms with Crippen molar-refractivity contribution < 1.29 is 0 Å². The lowest BCUT2D eigenvalue weighted by atomic mass is 9.96. The molecule has 5 nitrogen and oxygen atoms in total. The summed E-state index contributed by atoms with van der Waals surface area (Å²) in [5.74, 6) is 0. The standard InChI is InChI=1S/C16H19N5/c1-12-15(9-16-17-7-8-20(16)19-12)13-10-18-21(11-13)14-5-3-2-4-6-14/h7-11,14H,2-6H2,1H3. The van der Waals surface area contributed by atoms with Crippen LogP contribution >= 0.6 is 0 Å². The smallest absolute Gasteiger partial charge is 0.154 e. The van der Waals surface area contributed by atoms with Gasteiger partial charge in [-0.1, -0.05) is 19.3 Å². The van der Waals surface area contributed by atoms with Crippen LogP contribution < -0.4 is 0 Å². The summed E-state index contributed by atoms with van der Waals surface area (Å²) in [6.45, 7) is 2.03. The molecule has 0 atom stereocenters. The number of hydrogen-bond acceptors (Lipinski definition) is 3. The third kappa shape index (κ3) is 2.22. The zero-order valence-corrected chi connectivity index (χ0v) is 12.2. The van der Waals surface area contributed by atoms with Crippen molar-refractivity contribution >= 4 is 5.65 Å². The van der Waals surface area contributed by atoms with E-state index in [1.165, 1.54) is 32.1 Å². The molecule has 0 saturated heterocycles. The van der Waals surface area contributed by atoms with Crippen molar-refractivity contribution in [2.45, 2.75) is 45.1 Å². The Bertz CT molecular complexity index is 764. The van der Waals surface area contributed by atoms with E-state index < -0.39 is 0 Å². The molecule has 3 heterocycles. The maximum Gasteiger partial charge on any atom is 0.154 e. The molecule has 3 aromatic heterocycles. The van der Waals surface area contributed by atoms with Crippen molar-refractivity contribution in [3.05, 3.63) is 36.5 Å². The summed E-state index contributed by atoms with van der Waals surface area (Å²) in [4.78, 5) is 4.32. The first kappa shape index (κ1) is 12.6. The summed E-state index contributed by atoms with van der Waals surface area (Å²) in [6.07, 6.45) is 14.3. The number of imidazole rings is 1. The molecule has 21 heavy (non-hydrogen) atoms. The highest BCUT2D eigenvalue weighted by Crippen LogP contribution is 2.30. The Kier molecular flexibility index (Phi) is 2.98. The van der Waals surface area contributed by atoms with Gasteiger partial charge >= 0.3 is 0 Å². The van der Waals surface area contributed by atoms with Crippen LogP contribution in [-0.2, 0) is 0 Å². The quantitative estimate of drug-likeness (QED) is 0.723. The zero-order chi connectivity index (χ0) is 14.2. The second kappa shape index (κ2) is 4.98. The van der Waals surface area contributed by atoms with Gasteiger partial charge in [-0.25, -0.2) is 9.50 Å². The minimum atomic E-state index is 0.566. The lowest BCUT2D eigenvalue weighted by molar-refractivity contribution is 0.329. The fourth-order valence-corrected chi connectivity index (χ4v) is 3.26. The minimum Gasteiger partial charge on any atom is -0.269 e. The van der Waals surface area contributed by atoms with Crippen LogP contribution in [-0.4, -0.2) is 24.4 Å². The lowest BCUT2D eigenvalue weighted by Gasteiger charge is -2.21. The predicted molar refractivity (Wildman–Crippen MR) is 81.1 cm³/mol. The number of aromatic nitrogens is 5. The largest absolute Gasteiger partial charge is 0.269 e. The molecule has 0 N–H and O–H groups in total. The van der Waals surface area contributed by atoms with Crippen LogP contribution in [0, 0.1) is 6.92 Å². The molecule has 108 valence electrons. The van der Waals surface area contributed by atoms with Gasteiger partial charge in [0.05, 0.1) is 17.9 Å². The summed E-state index contributed by atoms with van der Waals surface area (Å²) in [5.41, 5.74) is 4.14. The van der Waals surface area contributed by atoms with E-state index in [-0.39, 0.29) is 0 Å². The maximum absolute atomic E-state index is 4.59. The Morgan fingerprint density at radius 1 is 1.19 bits per heavy atom. The molecule has 0 aromatic carbocycles. The maximum atomic E-state index is 4.59. The molecule has 1 saturated carbocycles. The van der Waals surface area contributed by atoms with Crippen molar-refractivity contribution in [1.29, 1.82) is 0 Å². The van der Waals surface area contributed by atoms with Crippen LogP contribution in [0.5, 0.6) is 0 Å². The monoisotopic (exact) mass is 281 g/mol. The first-order chi connectivity index (χ1) is 10.3. The van der Waals surface area contributed by atoms with Crippen LogP contribution in [0.15, 0.2) is 30.9 Å². The average Bonchev–Trinajstić information content (AvgIpc) is 3.15. The Morgan fingerprint density at radius 2 is 2.05 bits per heavy atom. The topological polar surface area (TPSA) is 48.0 Å². The normalized spacial score (nSPS) is 16.6. The average molecular weight is 281 g/mol. The van der Waals surface area contributed by atoms with Gasteiger partial charge in [0.1, 0.15) is 0 Å². The van der Waals surface area contributed by atoms with E-state index in [0.717, 1.165) is 22.5 Å². The first-order valence-corrected chi connectivity index (χ1v) is 7.67. The summed E-state index contributed by atoms with van der Waals surface area (Å²) < 4.78 is 3.95. The molecule has 4 rings (SSSR count). The highest BCUT2D eigenvalue weighted by molar-refractivity contribution is 5.67. The molecule has 0 radical (unpaired) electrons. The number of nitrogens with zero attached hydrogens (tertiary/aromatic N) is 5. The summed E-state index contributed by atoms with van der Waals surface area (Å²) in [6, 6.07) is 2.65. The number of aryl methyl sites for hydroxylation is 1. The van der Waals surface area contributed by atoms with E-state index >= 15 is 0 Å². The van der Waals surface area contributed by atoms with Gasteiger partial charge in [0, 0.05) is 29.7 Å². The molecular weight excluding hydrogens is 262 g/mol. The Labute approximate surface area is 123 Å². The summed E-state index contributed by atoms with van der Waals surface area (Å²) in [5, 5.41) is 9.14. The Morgan fingerprint density at radius 3 is 2.90 bits per heavy atom. The fraction of sp³-hybridized carbons (Fsp3) is 0.438. The van der Waals surface area contributed by atoms with Crippen LogP contribution in [0.1, 0.15) is 43.8 Å². The number of hydrogen-bond donors (Lipinski definition) is 0. The van der Waals surface area contributed by atoms with E-state index in [4.69, 9.17) is 0 Å². The summed E-state index contributed by atoms with van der Waals surface area (Å²) in [7, 11) is 0. The van der Waals surface area contributed by atoms with E-state index in [1.807, 2.05) is 23.8 Å². The molecule has 1 aliphatic rings. The third-order valence-corrected chi connectivity index (χ3v) is 4.43. The van der Waals surface area contributed by atoms with Crippen LogP contribution in [0.25, 0.3) is 16.8 Å². The van der Waals surface area contributed by atoms with Gasteiger partial charge in [0.15, 0.2) is 5.65 Å². The Balaban J connectivity index is 1.71. The molecule has 3 aromatic rings. The molecule has 0 amide bonds. The predicted octanol–water partition coefficient (Wildman–Crippen LogP) is 3.41. The first-order valence-electron chi connectivity index (χ1n) is 7.67. The van der Waals surface area contributed by atoms with Gasteiger partial charge in [-0.05, 0) is 25.8 Å². The van der Waals surface area contributed by atoms with Gasteiger partial charge in [-0.3, -0.25) is 4.68 Å². The van der Waals surface area contributed by atoms with Crippen molar-refractivity contribution in [2.24, 2.45) is 0 Å². The van der Waals surface area contributed by atoms with E-state index in [2.05, 4.69) is 32.1 Å². The SMILES string of the molecule is Cc1nn2ccnc2cc1-c1cnn(C2CCCCC2)c1. The molecule has 0 bridgehead atoms. The summed E-state index contributed by atoms with van der Waals surface area (Å²) >= 11 is 0. The highest BCUT2D eigenvalue weighted by atomic mass is 15.3. The molecule has 0 unspecified atom stereocenters. The molecule has 0 aliphatic heterocycles. The van der Waals surface area contributed by atoms with Crippen LogP contribution in [0.2, 0.25) is 0 Å². The third-order valence-electron chi connectivity index (χ3n) is 4.43. The van der Waals surface area contributed by atoms with Crippen LogP contribution in [0.3, 0.4) is 0 Å². The van der Waals surface area contributed by atoms with Gasteiger partial charge in [-0.15, -0.1) is 0 Å². The van der Waals surface area contributed by atoms with Gasteiger partial charge in [0.2, 0.25) is 0 Å². The van der Waals surface area contributed by atoms with Gasteiger partial charge in [-0.2, -0.15) is 10.2 Å². The van der Waals surface area contributed by atoms with E-state index in [9.17, 15) is 0 Å². The molecular formula is C16H19N5. The molecule has 1 aliphatic carbocycles. The molecule has 1 fully saturated rings. The second-order valence-corrected chi connectivity index (χ2v) is 5.87. The number of rotatable bonds is 2. The van der Waals surface area contributed by atoms with Gasteiger partial charge in [0.25, 0.3) is 0 Å². The Hall–Kier alpha value is -2.17. The zero-order valence-electron chi connectivity index (χ0n) is 12.2. The van der Waals surface area contributed by atoms with E-state index in [0.29, 0.717) is 6.04 Å². The fourth-order valence-electron chi connectivity index (χ4n) is 3.26. The van der Waals surface area contributed by atoms with Crippen molar-refractivity contribution in [2.75, 3.05) is 0 Å². The van der Waals surface area contributed by atoms with Crippen LogP contribution in [0.4, 0.5) is 0 Å². The minimum absolute atomic E-state index is 0.566. The van der Waals surface area contributed by atoms with Crippen molar-refractivity contribution in [1.82, 2.24) is 24.4 Å². The van der Waals surface area contributed by atoms with E-state index in [1.54, 1.807) is 6.20 Å².